The third-order valence-electron chi connectivity index (χ3n) is 3.47. The molecule has 0 saturated carbocycles. The van der Waals surface area contributed by atoms with Crippen LogP contribution < -0.4 is 4.57 Å². The zero-order valence-electron chi connectivity index (χ0n) is 13.7. The van der Waals surface area contributed by atoms with Gasteiger partial charge in [0.25, 0.3) is 0 Å². The average molecular weight is 416 g/mol. The summed E-state index contributed by atoms with van der Waals surface area (Å²) >= 11 is 4.57. The Morgan fingerprint density at radius 1 is 1.12 bits per heavy atom. The topological polar surface area (TPSA) is 35.1 Å². The molecule has 0 unspecified atom stereocenters. The average Bonchev–Trinajstić information content (AvgIpc) is 2.65. The normalized spacial score (nSPS) is 10.4. The van der Waals surface area contributed by atoms with Crippen LogP contribution in [-0.2, 0) is 18.4 Å². The Bertz CT molecular complexity index is 927. The molecular weight excluding hydrogens is 399 g/mol. The van der Waals surface area contributed by atoms with Crippen LogP contribution >= 0.6 is 11.9 Å². The van der Waals surface area contributed by atoms with Crippen molar-refractivity contribution in [1.82, 2.24) is 3.97 Å². The van der Waals surface area contributed by atoms with Gasteiger partial charge in [0.2, 0.25) is 0 Å². The van der Waals surface area contributed by atoms with Gasteiger partial charge in [0, 0.05) is 0 Å². The predicted molar refractivity (Wildman–Crippen MR) is 97.9 cm³/mol. The fraction of sp³-hybridized carbons (Fsp3) is 0.105. The molecule has 6 heteroatoms. The summed E-state index contributed by atoms with van der Waals surface area (Å²) in [5.74, 6) is -0.345. The second kappa shape index (κ2) is 8.30. The number of rotatable bonds is 5. The molecule has 0 aliphatic rings. The van der Waals surface area contributed by atoms with Crippen molar-refractivity contribution in [3.05, 3.63) is 88.5 Å². The van der Waals surface area contributed by atoms with E-state index in [0.29, 0.717) is 5.56 Å². The van der Waals surface area contributed by atoms with Gasteiger partial charge >= 0.3 is 159 Å². The molecule has 0 atom stereocenters. The van der Waals surface area contributed by atoms with E-state index in [0.717, 1.165) is 14.8 Å². The summed E-state index contributed by atoms with van der Waals surface area (Å²) in [4.78, 5) is 13.5. The summed E-state index contributed by atoms with van der Waals surface area (Å²) in [6.45, 7) is 0.259. The molecule has 4 nitrogen and oxygen atoms in total. The van der Waals surface area contributed by atoms with E-state index in [1.165, 1.54) is 11.9 Å². The maximum absolute atomic E-state index is 12.4. The first-order chi connectivity index (χ1) is 12.1. The third kappa shape index (κ3) is 4.69. The summed E-state index contributed by atoms with van der Waals surface area (Å²) in [7, 11) is 1.89. The number of aryl methyl sites for hydroxylation is 1. The molecule has 0 saturated heterocycles. The van der Waals surface area contributed by atoms with E-state index in [9.17, 15) is 4.79 Å². The number of benzene rings is 2. The van der Waals surface area contributed by atoms with E-state index in [4.69, 9.17) is 4.74 Å². The van der Waals surface area contributed by atoms with E-state index >= 15 is 0 Å². The van der Waals surface area contributed by atoms with Gasteiger partial charge in [-0.3, -0.25) is 0 Å². The Labute approximate surface area is 158 Å². The number of carbonyl (C=O) groups is 1. The molecular formula is C19H17N2O2SSe+. The van der Waals surface area contributed by atoms with Crippen molar-refractivity contribution >= 4 is 33.5 Å². The molecule has 0 bridgehead atoms. The molecule has 1 aromatic heterocycles. The minimum absolute atomic E-state index is 0.259. The molecule has 2 aromatic carbocycles. The Balaban J connectivity index is 1.79. The molecule has 0 N–H and O–H groups in total. The number of ether oxygens (including phenoxy) is 1. The quantitative estimate of drug-likeness (QED) is 0.365. The Morgan fingerprint density at radius 3 is 2.44 bits per heavy atom. The standard InChI is InChI=1S/C19H17N2O2SSe/c1-20-12-16(18(22)23-14-15-8-4-2-5-9-15)13-21(19(20)25)24-17-10-6-3-7-11-17/h2-13H,14H2,1H3/q+1. The van der Waals surface area contributed by atoms with Gasteiger partial charge in [0.1, 0.15) is 0 Å². The second-order valence-corrected chi connectivity index (χ2v) is 7.21. The van der Waals surface area contributed by atoms with Gasteiger partial charge in [-0.05, 0) is 0 Å². The van der Waals surface area contributed by atoms with Gasteiger partial charge < -0.3 is 0 Å². The van der Waals surface area contributed by atoms with Crippen molar-refractivity contribution in [2.45, 2.75) is 11.5 Å². The summed E-state index contributed by atoms with van der Waals surface area (Å²) in [6.07, 6.45) is 3.55. The van der Waals surface area contributed by atoms with Crippen molar-refractivity contribution in [3.8, 4) is 0 Å². The molecule has 0 fully saturated rings. The van der Waals surface area contributed by atoms with E-state index in [1.807, 2.05) is 76.3 Å². The number of esters is 1. The SMILES string of the molecule is C[n+]1cc(C(=O)OCc2ccccc2)cn(Sc2ccccc2)c1=[Se]. The van der Waals surface area contributed by atoms with Crippen LogP contribution in [-0.4, -0.2) is 25.5 Å². The molecule has 0 amide bonds. The molecule has 0 spiro atoms. The number of carbonyl (C=O) groups excluding carboxylic acids is 1. The van der Waals surface area contributed by atoms with Crippen LogP contribution in [0.3, 0.4) is 0 Å². The molecule has 0 aliphatic carbocycles. The van der Waals surface area contributed by atoms with Crippen molar-refractivity contribution < 1.29 is 14.1 Å². The molecule has 3 aromatic rings. The fourth-order valence-corrected chi connectivity index (χ4v) is 3.54. The number of hydrogen-bond acceptors (Lipinski definition) is 3. The first kappa shape index (κ1) is 17.7. The van der Waals surface area contributed by atoms with E-state index in [2.05, 4.69) is 15.6 Å². The summed E-state index contributed by atoms with van der Waals surface area (Å²) in [6, 6.07) is 19.7. The van der Waals surface area contributed by atoms with Crippen molar-refractivity contribution in [3.63, 3.8) is 0 Å². The predicted octanol–water partition coefficient (Wildman–Crippen LogP) is 2.93. The third-order valence-corrected chi connectivity index (χ3v) is 5.71. The Hall–Kier alpha value is -2.14. The van der Waals surface area contributed by atoms with Crippen LogP contribution in [0.2, 0.25) is 0 Å². The summed E-state index contributed by atoms with van der Waals surface area (Å²) in [5.41, 5.74) is 1.47. The van der Waals surface area contributed by atoms with Crippen molar-refractivity contribution in [1.29, 1.82) is 0 Å². The van der Waals surface area contributed by atoms with Gasteiger partial charge in [-0.15, -0.1) is 0 Å². The maximum atomic E-state index is 12.4. The van der Waals surface area contributed by atoms with Gasteiger partial charge in [-0.2, -0.15) is 0 Å². The fourth-order valence-electron chi connectivity index (χ4n) is 2.21. The Morgan fingerprint density at radius 2 is 1.76 bits per heavy atom. The van der Waals surface area contributed by atoms with Crippen LogP contribution in [0.5, 0.6) is 0 Å². The monoisotopic (exact) mass is 417 g/mol. The summed E-state index contributed by atoms with van der Waals surface area (Å²) in [5, 5.41) is 0. The molecule has 0 radical (unpaired) electrons. The first-order valence-corrected chi connectivity index (χ1v) is 9.33. The van der Waals surface area contributed by atoms with Crippen molar-refractivity contribution in [2.24, 2.45) is 7.05 Å². The number of nitrogens with zero attached hydrogens (tertiary/aromatic N) is 2. The first-order valence-electron chi connectivity index (χ1n) is 7.70. The molecule has 25 heavy (non-hydrogen) atoms. The van der Waals surface area contributed by atoms with Crippen LogP contribution in [0.1, 0.15) is 15.9 Å². The van der Waals surface area contributed by atoms with Crippen LogP contribution in [0.4, 0.5) is 0 Å². The van der Waals surface area contributed by atoms with Crippen molar-refractivity contribution in [2.75, 3.05) is 0 Å². The zero-order chi connectivity index (χ0) is 17.6. The molecule has 0 aliphatic heterocycles. The van der Waals surface area contributed by atoms with Gasteiger partial charge in [0.15, 0.2) is 0 Å². The van der Waals surface area contributed by atoms with Crippen LogP contribution in [0.15, 0.2) is 78.0 Å². The Kier molecular flexibility index (Phi) is 5.87. The van der Waals surface area contributed by atoms with Gasteiger partial charge in [-0.1, -0.05) is 0 Å². The van der Waals surface area contributed by atoms with Crippen LogP contribution in [0.25, 0.3) is 0 Å². The van der Waals surface area contributed by atoms with E-state index in [1.54, 1.807) is 12.4 Å². The molecule has 3 rings (SSSR count). The van der Waals surface area contributed by atoms with E-state index in [-0.39, 0.29) is 12.6 Å². The number of aromatic nitrogens is 2. The van der Waals surface area contributed by atoms with Crippen LogP contribution in [0, 0.1) is 4.32 Å². The minimum atomic E-state index is -0.345. The second-order valence-electron chi connectivity index (χ2n) is 5.40. The van der Waals surface area contributed by atoms with E-state index < -0.39 is 0 Å². The number of hydrogen-bond donors (Lipinski definition) is 0. The zero-order valence-corrected chi connectivity index (χ0v) is 16.2. The van der Waals surface area contributed by atoms with Gasteiger partial charge in [-0.25, -0.2) is 0 Å². The molecule has 126 valence electrons. The summed E-state index contributed by atoms with van der Waals surface area (Å²) < 4.78 is 10.1. The van der Waals surface area contributed by atoms with Gasteiger partial charge in [0.05, 0.1) is 0 Å². The molecule has 1 heterocycles.